The van der Waals surface area contributed by atoms with E-state index < -0.39 is 0 Å². The van der Waals surface area contributed by atoms with Crippen molar-refractivity contribution in [1.29, 1.82) is 0 Å². The molecule has 20 heavy (non-hydrogen) atoms. The number of benzene rings is 1. The molecule has 2 heterocycles. The van der Waals surface area contributed by atoms with Gasteiger partial charge < -0.3 is 4.74 Å². The lowest BCUT2D eigenvalue weighted by atomic mass is 10.1. The normalized spacial score (nSPS) is 17.2. The van der Waals surface area contributed by atoms with E-state index in [4.69, 9.17) is 4.74 Å². The number of nitrogens with zero attached hydrogens (tertiary/aromatic N) is 4. The van der Waals surface area contributed by atoms with E-state index >= 15 is 0 Å². The third-order valence-corrected chi connectivity index (χ3v) is 3.79. The van der Waals surface area contributed by atoms with Crippen molar-refractivity contribution in [2.45, 2.75) is 18.9 Å². The molecule has 0 amide bonds. The van der Waals surface area contributed by atoms with Gasteiger partial charge in [-0.2, -0.15) is 5.10 Å². The fourth-order valence-corrected chi connectivity index (χ4v) is 2.62. The lowest BCUT2D eigenvalue weighted by molar-refractivity contribution is 0.152. The molecule has 1 fully saturated rings. The van der Waals surface area contributed by atoms with Gasteiger partial charge in [-0.1, -0.05) is 18.2 Å². The number of para-hydroxylation sites is 1. The molecule has 0 atom stereocenters. The summed E-state index contributed by atoms with van der Waals surface area (Å²) in [5.74, 6) is 0.949. The highest BCUT2D eigenvalue weighted by Crippen LogP contribution is 2.20. The summed E-state index contributed by atoms with van der Waals surface area (Å²) in [7, 11) is 0. The Balaban J connectivity index is 1.39. The maximum Gasteiger partial charge on any atom is 0.137 e. The second-order valence-electron chi connectivity index (χ2n) is 5.11. The molecule has 0 N–H and O–H groups in total. The molecular weight excluding hydrogens is 252 g/mol. The van der Waals surface area contributed by atoms with Crippen LogP contribution < -0.4 is 4.74 Å². The van der Waals surface area contributed by atoms with Crippen molar-refractivity contribution < 1.29 is 4.74 Å². The van der Waals surface area contributed by atoms with Crippen molar-refractivity contribution in [3.05, 3.63) is 43.0 Å². The Labute approximate surface area is 119 Å². The van der Waals surface area contributed by atoms with Crippen LogP contribution in [0.2, 0.25) is 0 Å². The highest BCUT2D eigenvalue weighted by Gasteiger charge is 2.20. The van der Waals surface area contributed by atoms with E-state index in [1.807, 2.05) is 41.3 Å². The van der Waals surface area contributed by atoms with Crippen molar-refractivity contribution in [2.24, 2.45) is 0 Å². The Kier molecular flexibility index (Phi) is 4.28. The van der Waals surface area contributed by atoms with E-state index in [0.717, 1.165) is 44.8 Å². The minimum absolute atomic E-state index is 0.504. The molecular formula is C15H20N4O. The molecule has 1 aromatic carbocycles. The van der Waals surface area contributed by atoms with Crippen molar-refractivity contribution in [1.82, 2.24) is 19.7 Å². The minimum Gasteiger partial charge on any atom is -0.492 e. The van der Waals surface area contributed by atoms with Crippen LogP contribution in [0.4, 0.5) is 0 Å². The molecule has 106 valence electrons. The first-order chi connectivity index (χ1) is 9.92. The van der Waals surface area contributed by atoms with Gasteiger partial charge in [0.2, 0.25) is 0 Å². The highest BCUT2D eigenvalue weighted by molar-refractivity contribution is 5.20. The summed E-state index contributed by atoms with van der Waals surface area (Å²) >= 11 is 0. The van der Waals surface area contributed by atoms with Gasteiger partial charge in [-0.3, -0.25) is 4.90 Å². The smallest absolute Gasteiger partial charge is 0.137 e. The molecule has 1 aliphatic heterocycles. The molecule has 1 saturated heterocycles. The van der Waals surface area contributed by atoms with Crippen molar-refractivity contribution in [3.8, 4) is 5.75 Å². The van der Waals surface area contributed by atoms with E-state index in [9.17, 15) is 0 Å². The Bertz CT molecular complexity index is 492. The Hall–Kier alpha value is -1.88. The van der Waals surface area contributed by atoms with Crippen LogP contribution in [0.1, 0.15) is 18.9 Å². The first kappa shape index (κ1) is 13.1. The maximum absolute atomic E-state index is 5.74. The summed E-state index contributed by atoms with van der Waals surface area (Å²) in [6.45, 7) is 3.93. The van der Waals surface area contributed by atoms with Gasteiger partial charge in [0.05, 0.1) is 6.04 Å². The molecule has 1 aromatic heterocycles. The molecule has 0 saturated carbocycles. The van der Waals surface area contributed by atoms with Gasteiger partial charge >= 0.3 is 0 Å². The van der Waals surface area contributed by atoms with Crippen molar-refractivity contribution in [3.63, 3.8) is 0 Å². The molecule has 3 rings (SSSR count). The zero-order chi connectivity index (χ0) is 13.6. The topological polar surface area (TPSA) is 43.2 Å². The van der Waals surface area contributed by atoms with Gasteiger partial charge in [-0.25, -0.2) is 9.67 Å². The average Bonchev–Trinajstić information content (AvgIpc) is 3.03. The van der Waals surface area contributed by atoms with Crippen LogP contribution in [-0.4, -0.2) is 45.9 Å². The van der Waals surface area contributed by atoms with Gasteiger partial charge in [-0.05, 0) is 25.0 Å². The SMILES string of the molecule is c1ccc(OCCN2CCC(n3cncn3)CC2)cc1. The molecule has 5 heteroatoms. The number of likely N-dealkylation sites (tertiary alicyclic amines) is 1. The zero-order valence-corrected chi connectivity index (χ0v) is 11.6. The highest BCUT2D eigenvalue weighted by atomic mass is 16.5. The molecule has 2 aromatic rings. The first-order valence-electron chi connectivity index (χ1n) is 7.16. The van der Waals surface area contributed by atoms with Crippen LogP contribution in [0.25, 0.3) is 0 Å². The van der Waals surface area contributed by atoms with E-state index in [0.29, 0.717) is 6.04 Å². The molecule has 0 radical (unpaired) electrons. The van der Waals surface area contributed by atoms with Crippen LogP contribution in [0.5, 0.6) is 5.75 Å². The zero-order valence-electron chi connectivity index (χ0n) is 11.6. The van der Waals surface area contributed by atoms with Gasteiger partial charge in [0.25, 0.3) is 0 Å². The number of ether oxygens (including phenoxy) is 1. The third-order valence-electron chi connectivity index (χ3n) is 3.79. The molecule has 0 aliphatic carbocycles. The van der Waals surface area contributed by atoms with Gasteiger partial charge in [0.1, 0.15) is 25.0 Å². The average molecular weight is 272 g/mol. The molecule has 5 nitrogen and oxygen atoms in total. The lowest BCUT2D eigenvalue weighted by Gasteiger charge is -2.31. The Morgan fingerprint density at radius 2 is 1.95 bits per heavy atom. The van der Waals surface area contributed by atoms with Crippen LogP contribution in [-0.2, 0) is 0 Å². The summed E-state index contributed by atoms with van der Waals surface area (Å²) in [6, 6.07) is 10.5. The summed E-state index contributed by atoms with van der Waals surface area (Å²) in [5.41, 5.74) is 0. The van der Waals surface area contributed by atoms with Crippen LogP contribution >= 0.6 is 0 Å². The van der Waals surface area contributed by atoms with Crippen LogP contribution in [0, 0.1) is 0 Å². The molecule has 0 spiro atoms. The molecule has 1 aliphatic rings. The predicted octanol–water partition coefficient (Wildman–Crippen LogP) is 1.99. The second kappa shape index (κ2) is 6.52. The van der Waals surface area contributed by atoms with Gasteiger partial charge in [0, 0.05) is 19.6 Å². The fourth-order valence-electron chi connectivity index (χ4n) is 2.62. The minimum atomic E-state index is 0.504. The largest absolute Gasteiger partial charge is 0.492 e. The standard InChI is InChI=1S/C15H20N4O/c1-2-4-15(5-3-1)20-11-10-18-8-6-14(7-9-18)19-13-16-12-17-19/h1-5,12-14H,6-11H2. The number of aromatic nitrogens is 3. The number of piperidine rings is 1. The van der Waals surface area contributed by atoms with Crippen molar-refractivity contribution >= 4 is 0 Å². The van der Waals surface area contributed by atoms with Crippen LogP contribution in [0.15, 0.2) is 43.0 Å². The van der Waals surface area contributed by atoms with E-state index in [1.165, 1.54) is 0 Å². The van der Waals surface area contributed by atoms with E-state index in [-0.39, 0.29) is 0 Å². The fraction of sp³-hybridized carbons (Fsp3) is 0.467. The van der Waals surface area contributed by atoms with E-state index in [1.54, 1.807) is 6.33 Å². The number of hydrogen-bond acceptors (Lipinski definition) is 4. The van der Waals surface area contributed by atoms with E-state index in [2.05, 4.69) is 15.0 Å². The second-order valence-corrected chi connectivity index (χ2v) is 5.11. The third kappa shape index (κ3) is 3.36. The quantitative estimate of drug-likeness (QED) is 0.835. The summed E-state index contributed by atoms with van der Waals surface area (Å²) < 4.78 is 7.72. The Morgan fingerprint density at radius 3 is 2.65 bits per heavy atom. The van der Waals surface area contributed by atoms with Gasteiger partial charge in [-0.15, -0.1) is 0 Å². The summed E-state index contributed by atoms with van der Waals surface area (Å²) in [6.07, 6.45) is 5.70. The predicted molar refractivity (Wildman–Crippen MR) is 76.7 cm³/mol. The van der Waals surface area contributed by atoms with Gasteiger partial charge in [0.15, 0.2) is 0 Å². The molecule has 0 unspecified atom stereocenters. The number of hydrogen-bond donors (Lipinski definition) is 0. The summed E-state index contributed by atoms with van der Waals surface area (Å²) in [4.78, 5) is 6.47. The lowest BCUT2D eigenvalue weighted by Crippen LogP contribution is -2.37. The summed E-state index contributed by atoms with van der Waals surface area (Å²) in [5, 5.41) is 4.23. The number of rotatable bonds is 5. The monoisotopic (exact) mass is 272 g/mol. The maximum atomic E-state index is 5.74. The van der Waals surface area contributed by atoms with Crippen molar-refractivity contribution in [2.75, 3.05) is 26.2 Å². The van der Waals surface area contributed by atoms with Crippen LogP contribution in [0.3, 0.4) is 0 Å². The first-order valence-corrected chi connectivity index (χ1v) is 7.16. The Morgan fingerprint density at radius 1 is 1.15 bits per heavy atom. The molecule has 0 bridgehead atoms.